The van der Waals surface area contributed by atoms with Gasteiger partial charge in [0.1, 0.15) is 0 Å². The van der Waals surface area contributed by atoms with Crippen LogP contribution in [0.5, 0.6) is 0 Å². The first-order chi connectivity index (χ1) is 5.86. The molecular weight excluding hydrogens is 152 g/mol. The van der Waals surface area contributed by atoms with Gasteiger partial charge in [-0.3, -0.25) is 5.73 Å². The summed E-state index contributed by atoms with van der Waals surface area (Å²) in [6.07, 6.45) is 0.435. The van der Waals surface area contributed by atoms with E-state index in [2.05, 4.69) is 5.16 Å². The molecule has 1 aliphatic rings. The minimum atomic E-state index is -0.264. The Balaban J connectivity index is 2.22. The predicted octanol–water partition coefficient (Wildman–Crippen LogP) is 1.10. The Hall–Kier alpha value is -1.35. The second-order valence-corrected chi connectivity index (χ2v) is 2.75. The van der Waals surface area contributed by atoms with Crippen molar-refractivity contribution in [1.29, 1.82) is 0 Å². The smallest absolute Gasteiger partial charge is 0.182 e. The van der Waals surface area contributed by atoms with Crippen molar-refractivity contribution in [3.63, 3.8) is 0 Å². The molecule has 3 nitrogen and oxygen atoms in total. The number of rotatable bonds is 1. The van der Waals surface area contributed by atoms with Crippen molar-refractivity contribution in [2.24, 2.45) is 10.9 Å². The number of nitrogens with two attached hydrogens (primary N) is 1. The fourth-order valence-electron chi connectivity index (χ4n) is 1.20. The van der Waals surface area contributed by atoms with E-state index < -0.39 is 0 Å². The monoisotopic (exact) mass is 162 g/mol. The first-order valence-corrected chi connectivity index (χ1v) is 3.90. The maximum absolute atomic E-state index is 5.53. The average molecular weight is 162 g/mol. The molecule has 1 unspecified atom stereocenters. The van der Waals surface area contributed by atoms with E-state index in [0.717, 1.165) is 11.3 Å². The lowest BCUT2D eigenvalue weighted by Crippen LogP contribution is -2.19. The van der Waals surface area contributed by atoms with Gasteiger partial charge in [0.2, 0.25) is 0 Å². The molecule has 2 rings (SSSR count). The fourth-order valence-corrected chi connectivity index (χ4v) is 1.20. The summed E-state index contributed by atoms with van der Waals surface area (Å²) in [5.74, 6) is 0. The molecule has 1 aromatic carbocycles. The molecule has 0 radical (unpaired) electrons. The summed E-state index contributed by atoms with van der Waals surface area (Å²) in [6, 6.07) is 9.92. The third-order valence-electron chi connectivity index (χ3n) is 1.80. The van der Waals surface area contributed by atoms with Crippen LogP contribution >= 0.6 is 0 Å². The van der Waals surface area contributed by atoms with Crippen molar-refractivity contribution < 1.29 is 4.84 Å². The molecule has 0 saturated carbocycles. The first-order valence-electron chi connectivity index (χ1n) is 3.90. The van der Waals surface area contributed by atoms with Gasteiger partial charge >= 0.3 is 0 Å². The van der Waals surface area contributed by atoms with Crippen LogP contribution in [0.25, 0.3) is 0 Å². The van der Waals surface area contributed by atoms with Crippen molar-refractivity contribution in [1.82, 2.24) is 0 Å². The molecule has 0 aliphatic carbocycles. The first kappa shape index (κ1) is 7.31. The summed E-state index contributed by atoms with van der Waals surface area (Å²) < 4.78 is 0. The number of benzene rings is 1. The van der Waals surface area contributed by atoms with E-state index in [-0.39, 0.29) is 6.23 Å². The van der Waals surface area contributed by atoms with Crippen LogP contribution in [0.3, 0.4) is 0 Å². The maximum Gasteiger partial charge on any atom is 0.182 e. The van der Waals surface area contributed by atoms with Gasteiger partial charge in [0.15, 0.2) is 6.23 Å². The Morgan fingerprint density at radius 2 is 2.08 bits per heavy atom. The molecule has 0 saturated heterocycles. The largest absolute Gasteiger partial charge is 0.376 e. The lowest BCUT2D eigenvalue weighted by molar-refractivity contribution is 0.0907. The summed E-state index contributed by atoms with van der Waals surface area (Å²) in [6.45, 7) is 0. The normalized spacial score (nSPS) is 21.8. The zero-order chi connectivity index (χ0) is 8.39. The molecule has 1 atom stereocenters. The van der Waals surface area contributed by atoms with Crippen LogP contribution in [0.1, 0.15) is 12.0 Å². The van der Waals surface area contributed by atoms with Gasteiger partial charge in [-0.1, -0.05) is 35.5 Å². The van der Waals surface area contributed by atoms with Crippen LogP contribution < -0.4 is 5.73 Å². The number of oxime groups is 1. The van der Waals surface area contributed by atoms with Gasteiger partial charge in [-0.15, -0.1) is 0 Å². The van der Waals surface area contributed by atoms with E-state index in [1.165, 1.54) is 0 Å². The quantitative estimate of drug-likeness (QED) is 0.672. The summed E-state index contributed by atoms with van der Waals surface area (Å²) in [7, 11) is 0. The molecule has 0 fully saturated rings. The second kappa shape index (κ2) is 2.95. The van der Waals surface area contributed by atoms with Crippen LogP contribution in [0.2, 0.25) is 0 Å². The molecule has 3 heteroatoms. The Bertz CT molecular complexity index is 295. The topological polar surface area (TPSA) is 47.6 Å². The van der Waals surface area contributed by atoms with Gasteiger partial charge in [-0.05, 0) is 5.56 Å². The van der Waals surface area contributed by atoms with Gasteiger partial charge in [0.25, 0.3) is 0 Å². The van der Waals surface area contributed by atoms with Crippen LogP contribution in [0.4, 0.5) is 0 Å². The molecule has 1 aromatic rings. The molecule has 0 aromatic heterocycles. The van der Waals surface area contributed by atoms with Gasteiger partial charge < -0.3 is 4.84 Å². The third-order valence-corrected chi connectivity index (χ3v) is 1.80. The second-order valence-electron chi connectivity index (χ2n) is 2.75. The van der Waals surface area contributed by atoms with E-state index in [9.17, 15) is 0 Å². The molecule has 0 bridgehead atoms. The van der Waals surface area contributed by atoms with Gasteiger partial charge in [0.05, 0.1) is 5.71 Å². The molecule has 0 amide bonds. The minimum Gasteiger partial charge on any atom is -0.376 e. The highest BCUT2D eigenvalue weighted by Crippen LogP contribution is 2.12. The van der Waals surface area contributed by atoms with E-state index in [1.54, 1.807) is 0 Å². The number of hydrogen-bond acceptors (Lipinski definition) is 3. The third kappa shape index (κ3) is 1.31. The summed E-state index contributed by atoms with van der Waals surface area (Å²) in [5, 5.41) is 3.88. The summed E-state index contributed by atoms with van der Waals surface area (Å²) >= 11 is 0. The van der Waals surface area contributed by atoms with Crippen molar-refractivity contribution in [3.8, 4) is 0 Å². The SMILES string of the molecule is NC1CC(c2ccccc2)=NO1. The van der Waals surface area contributed by atoms with Crippen LogP contribution in [0.15, 0.2) is 35.5 Å². The lowest BCUT2D eigenvalue weighted by Gasteiger charge is -1.97. The van der Waals surface area contributed by atoms with E-state index in [1.807, 2.05) is 30.3 Å². The van der Waals surface area contributed by atoms with E-state index >= 15 is 0 Å². The minimum absolute atomic E-state index is 0.264. The van der Waals surface area contributed by atoms with E-state index in [0.29, 0.717) is 6.42 Å². The Kier molecular flexibility index (Phi) is 1.80. The highest BCUT2D eigenvalue weighted by atomic mass is 16.7. The fraction of sp³-hybridized carbons (Fsp3) is 0.222. The van der Waals surface area contributed by atoms with Crippen molar-refractivity contribution in [3.05, 3.63) is 35.9 Å². The Morgan fingerprint density at radius 3 is 2.67 bits per heavy atom. The van der Waals surface area contributed by atoms with Crippen LogP contribution in [0, 0.1) is 0 Å². The summed E-state index contributed by atoms with van der Waals surface area (Å²) in [4.78, 5) is 4.89. The van der Waals surface area contributed by atoms with Crippen molar-refractivity contribution >= 4 is 5.71 Å². The predicted molar refractivity (Wildman–Crippen MR) is 46.7 cm³/mol. The lowest BCUT2D eigenvalue weighted by atomic mass is 10.1. The van der Waals surface area contributed by atoms with Gasteiger partial charge in [-0.25, -0.2) is 0 Å². The van der Waals surface area contributed by atoms with Crippen molar-refractivity contribution in [2.45, 2.75) is 12.6 Å². The highest BCUT2D eigenvalue weighted by Gasteiger charge is 2.17. The molecule has 2 N–H and O–H groups in total. The van der Waals surface area contributed by atoms with E-state index in [4.69, 9.17) is 10.6 Å². The molecule has 62 valence electrons. The average Bonchev–Trinajstić information content (AvgIpc) is 2.54. The number of nitrogens with zero attached hydrogens (tertiary/aromatic N) is 1. The van der Waals surface area contributed by atoms with Gasteiger partial charge in [0, 0.05) is 6.42 Å². The maximum atomic E-state index is 5.53. The van der Waals surface area contributed by atoms with Crippen LogP contribution in [-0.2, 0) is 4.84 Å². The number of hydrogen-bond donors (Lipinski definition) is 1. The van der Waals surface area contributed by atoms with Gasteiger partial charge in [-0.2, -0.15) is 0 Å². The Labute approximate surface area is 70.8 Å². The molecule has 1 heterocycles. The summed E-state index contributed by atoms with van der Waals surface area (Å²) in [5.41, 5.74) is 7.55. The Morgan fingerprint density at radius 1 is 1.33 bits per heavy atom. The standard InChI is InChI=1S/C9H10N2O/c10-9-6-8(11-12-9)7-4-2-1-3-5-7/h1-5,9H,6,10H2. The molecular formula is C9H10N2O. The molecule has 1 aliphatic heterocycles. The molecule has 12 heavy (non-hydrogen) atoms. The zero-order valence-corrected chi connectivity index (χ0v) is 6.60. The van der Waals surface area contributed by atoms with Crippen molar-refractivity contribution in [2.75, 3.05) is 0 Å². The zero-order valence-electron chi connectivity index (χ0n) is 6.60. The van der Waals surface area contributed by atoms with Crippen LogP contribution in [-0.4, -0.2) is 11.9 Å². The molecule has 0 spiro atoms. The highest BCUT2D eigenvalue weighted by molar-refractivity contribution is 6.01.